The third-order valence-electron chi connectivity index (χ3n) is 6.40. The van der Waals surface area contributed by atoms with Gasteiger partial charge in [-0.15, -0.1) is 0 Å². The van der Waals surface area contributed by atoms with E-state index in [2.05, 4.69) is 53.4 Å². The molecule has 1 atom stereocenters. The number of nitrogens with zero attached hydrogens (tertiary/aromatic N) is 2. The number of Topliss-reactive ketones (excluding diaryl/α,β-unsaturated/α-hetero) is 1. The Morgan fingerprint density at radius 1 is 0.853 bits per heavy atom. The molecule has 0 bridgehead atoms. The minimum atomic E-state index is -1.20. The third-order valence-corrected chi connectivity index (χ3v) is 6.40. The molecule has 0 aliphatic carbocycles. The van der Waals surface area contributed by atoms with Gasteiger partial charge in [0.05, 0.1) is 17.2 Å². The number of amides is 1. The molecule has 0 spiro atoms. The van der Waals surface area contributed by atoms with E-state index in [1.807, 2.05) is 26.0 Å². The number of benzene rings is 2. The number of aliphatic hydroxyl groups is 1. The molecule has 1 saturated heterocycles. The summed E-state index contributed by atoms with van der Waals surface area (Å²) >= 11 is 0. The van der Waals surface area contributed by atoms with Gasteiger partial charge in [0, 0.05) is 32.1 Å². The first kappa shape index (κ1) is 23.9. The summed E-state index contributed by atoms with van der Waals surface area (Å²) in [5.41, 5.74) is 2.89. The second-order valence-corrected chi connectivity index (χ2v) is 9.14. The van der Waals surface area contributed by atoms with E-state index in [0.717, 1.165) is 0 Å². The smallest absolute Gasteiger partial charge is 0.257 e. The van der Waals surface area contributed by atoms with Gasteiger partial charge in [-0.25, -0.2) is 0 Å². The third kappa shape index (κ3) is 4.83. The van der Waals surface area contributed by atoms with Crippen LogP contribution in [0.15, 0.2) is 71.3 Å². The van der Waals surface area contributed by atoms with Crippen molar-refractivity contribution in [3.05, 3.63) is 94.9 Å². The molecule has 1 unspecified atom stereocenters. The standard InChI is InChI=1S/C28H32N2O4/c1-19(2)27-24(26(32)20(3)31)23(18-34-27)28(33)30-16-14-29(15-17-30)25(21-10-6-4-7-11-21)22-12-8-5-9-13-22/h4-13,18-20,25,31H,14-17H2,1-3H3. The fourth-order valence-electron chi connectivity index (χ4n) is 4.66. The molecule has 178 valence electrons. The highest BCUT2D eigenvalue weighted by atomic mass is 16.3. The van der Waals surface area contributed by atoms with E-state index in [-0.39, 0.29) is 29.0 Å². The number of piperazine rings is 1. The monoisotopic (exact) mass is 460 g/mol. The molecule has 1 aromatic heterocycles. The Balaban J connectivity index is 1.55. The number of hydrogen-bond donors (Lipinski definition) is 1. The molecule has 2 heterocycles. The molecule has 0 radical (unpaired) electrons. The molecule has 1 amide bonds. The summed E-state index contributed by atoms with van der Waals surface area (Å²) in [5.74, 6) is -0.336. The van der Waals surface area contributed by atoms with E-state index in [1.165, 1.54) is 24.3 Å². The van der Waals surface area contributed by atoms with E-state index < -0.39 is 11.9 Å². The SMILES string of the molecule is CC(O)C(=O)c1c(C(=O)N2CCN(C(c3ccccc3)c3ccccc3)CC2)coc1C(C)C. The number of carbonyl (C=O) groups excluding carboxylic acids is 2. The highest BCUT2D eigenvalue weighted by Crippen LogP contribution is 2.31. The Morgan fingerprint density at radius 2 is 1.38 bits per heavy atom. The van der Waals surface area contributed by atoms with Gasteiger partial charge in [-0.05, 0) is 18.1 Å². The molecule has 1 aliphatic rings. The van der Waals surface area contributed by atoms with Crippen molar-refractivity contribution in [1.29, 1.82) is 0 Å². The Labute approximate surface area is 200 Å². The minimum Gasteiger partial charge on any atom is -0.467 e. The zero-order valence-electron chi connectivity index (χ0n) is 20.0. The maximum atomic E-state index is 13.4. The van der Waals surface area contributed by atoms with Crippen LogP contribution in [-0.4, -0.2) is 58.9 Å². The van der Waals surface area contributed by atoms with Gasteiger partial charge in [0.1, 0.15) is 18.1 Å². The Bertz CT molecular complexity index is 1070. The predicted molar refractivity (Wildman–Crippen MR) is 131 cm³/mol. The molecule has 2 aromatic carbocycles. The van der Waals surface area contributed by atoms with Crippen LogP contribution in [0, 0.1) is 0 Å². The van der Waals surface area contributed by atoms with Crippen molar-refractivity contribution >= 4 is 11.7 Å². The van der Waals surface area contributed by atoms with Gasteiger partial charge in [0.2, 0.25) is 0 Å². The molecule has 1 aliphatic heterocycles. The van der Waals surface area contributed by atoms with Crippen molar-refractivity contribution in [2.75, 3.05) is 26.2 Å². The van der Waals surface area contributed by atoms with Crippen LogP contribution in [-0.2, 0) is 0 Å². The molecule has 0 saturated carbocycles. The summed E-state index contributed by atoms with van der Waals surface area (Å²) in [6.07, 6.45) is 0.173. The zero-order chi connectivity index (χ0) is 24.2. The highest BCUT2D eigenvalue weighted by molar-refractivity contribution is 6.10. The number of furan rings is 1. The first-order valence-corrected chi connectivity index (χ1v) is 11.8. The molecule has 3 aromatic rings. The second kappa shape index (κ2) is 10.4. The van der Waals surface area contributed by atoms with Gasteiger partial charge in [-0.1, -0.05) is 74.5 Å². The van der Waals surface area contributed by atoms with Crippen molar-refractivity contribution < 1.29 is 19.1 Å². The van der Waals surface area contributed by atoms with Gasteiger partial charge in [-0.2, -0.15) is 0 Å². The summed E-state index contributed by atoms with van der Waals surface area (Å²) < 4.78 is 5.63. The molecular weight excluding hydrogens is 428 g/mol. The maximum absolute atomic E-state index is 13.4. The number of hydrogen-bond acceptors (Lipinski definition) is 5. The first-order valence-electron chi connectivity index (χ1n) is 11.8. The lowest BCUT2D eigenvalue weighted by atomic mass is 9.95. The van der Waals surface area contributed by atoms with Crippen molar-refractivity contribution in [3.8, 4) is 0 Å². The maximum Gasteiger partial charge on any atom is 0.257 e. The van der Waals surface area contributed by atoms with Crippen LogP contribution in [0.25, 0.3) is 0 Å². The second-order valence-electron chi connectivity index (χ2n) is 9.14. The van der Waals surface area contributed by atoms with Crippen LogP contribution >= 0.6 is 0 Å². The van der Waals surface area contributed by atoms with Gasteiger partial charge in [0.15, 0.2) is 5.78 Å². The molecule has 6 heteroatoms. The summed E-state index contributed by atoms with van der Waals surface area (Å²) in [7, 11) is 0. The van der Waals surface area contributed by atoms with E-state index in [1.54, 1.807) is 4.90 Å². The van der Waals surface area contributed by atoms with E-state index in [4.69, 9.17) is 4.42 Å². The Kier molecular flexibility index (Phi) is 7.29. The topological polar surface area (TPSA) is 74.0 Å². The number of aliphatic hydroxyl groups excluding tert-OH is 1. The zero-order valence-corrected chi connectivity index (χ0v) is 20.0. The van der Waals surface area contributed by atoms with E-state index >= 15 is 0 Å². The van der Waals surface area contributed by atoms with Crippen LogP contribution in [0.3, 0.4) is 0 Å². The van der Waals surface area contributed by atoms with Crippen LogP contribution in [0.1, 0.15) is 70.3 Å². The first-order chi connectivity index (χ1) is 16.4. The average Bonchev–Trinajstić information content (AvgIpc) is 3.30. The van der Waals surface area contributed by atoms with Gasteiger partial charge in [0.25, 0.3) is 5.91 Å². The molecule has 4 rings (SSSR count). The predicted octanol–water partition coefficient (Wildman–Crippen LogP) is 4.51. The largest absolute Gasteiger partial charge is 0.467 e. The lowest BCUT2D eigenvalue weighted by molar-refractivity contribution is 0.0591. The number of rotatable bonds is 7. The molecule has 6 nitrogen and oxygen atoms in total. The summed E-state index contributed by atoms with van der Waals surface area (Å²) in [4.78, 5) is 30.3. The quantitative estimate of drug-likeness (QED) is 0.525. The number of carbonyl (C=O) groups is 2. The van der Waals surface area contributed by atoms with Gasteiger partial charge < -0.3 is 14.4 Å². The summed E-state index contributed by atoms with van der Waals surface area (Å²) in [6, 6.07) is 20.9. The summed E-state index contributed by atoms with van der Waals surface area (Å²) in [6.45, 7) is 7.71. The van der Waals surface area contributed by atoms with Crippen molar-refractivity contribution in [2.24, 2.45) is 0 Å². The highest BCUT2D eigenvalue weighted by Gasteiger charge is 2.33. The molecule has 1 N–H and O–H groups in total. The Hall–Kier alpha value is -3.22. The van der Waals surface area contributed by atoms with Crippen LogP contribution in [0.2, 0.25) is 0 Å². The van der Waals surface area contributed by atoms with Crippen molar-refractivity contribution in [1.82, 2.24) is 9.80 Å². The molecular formula is C28H32N2O4. The fourth-order valence-corrected chi connectivity index (χ4v) is 4.66. The molecule has 1 fully saturated rings. The van der Waals surface area contributed by atoms with Crippen molar-refractivity contribution in [2.45, 2.75) is 38.8 Å². The molecule has 34 heavy (non-hydrogen) atoms. The van der Waals surface area contributed by atoms with Gasteiger partial charge >= 0.3 is 0 Å². The average molecular weight is 461 g/mol. The minimum absolute atomic E-state index is 0.0754. The normalized spacial score (nSPS) is 15.6. The van der Waals surface area contributed by atoms with Crippen LogP contribution < -0.4 is 0 Å². The van der Waals surface area contributed by atoms with Crippen LogP contribution in [0.4, 0.5) is 0 Å². The lowest BCUT2D eigenvalue weighted by Gasteiger charge is -2.39. The van der Waals surface area contributed by atoms with E-state index in [9.17, 15) is 14.7 Å². The number of ketones is 1. The van der Waals surface area contributed by atoms with Crippen LogP contribution in [0.5, 0.6) is 0 Å². The van der Waals surface area contributed by atoms with Gasteiger partial charge in [-0.3, -0.25) is 14.5 Å². The Morgan fingerprint density at radius 3 is 1.85 bits per heavy atom. The fraction of sp³-hybridized carbons (Fsp3) is 0.357. The van der Waals surface area contributed by atoms with Crippen molar-refractivity contribution in [3.63, 3.8) is 0 Å². The lowest BCUT2D eigenvalue weighted by Crippen LogP contribution is -2.50. The summed E-state index contributed by atoms with van der Waals surface area (Å²) in [5, 5.41) is 9.90. The van der Waals surface area contributed by atoms with E-state index in [0.29, 0.717) is 31.9 Å².